The van der Waals surface area contributed by atoms with E-state index in [1.807, 2.05) is 50.2 Å². The van der Waals surface area contributed by atoms with Gasteiger partial charge >= 0.3 is 0 Å². The number of thiocarbonyl (C=S) groups is 1. The molecule has 0 aromatic heterocycles. The number of hydrogen-bond acceptors (Lipinski definition) is 4. The second-order valence-corrected chi connectivity index (χ2v) is 5.91. The van der Waals surface area contributed by atoms with Gasteiger partial charge in [0.2, 0.25) is 0 Å². The van der Waals surface area contributed by atoms with E-state index in [0.29, 0.717) is 10.9 Å². The normalized spacial score (nSPS) is 10.4. The van der Waals surface area contributed by atoms with Crippen LogP contribution in [0.15, 0.2) is 53.6 Å². The molecule has 6 nitrogen and oxygen atoms in total. The van der Waals surface area contributed by atoms with Crippen molar-refractivity contribution in [2.24, 2.45) is 5.10 Å². The van der Waals surface area contributed by atoms with Crippen molar-refractivity contribution in [3.63, 3.8) is 0 Å². The molecule has 3 N–H and O–H groups in total. The van der Waals surface area contributed by atoms with Crippen molar-refractivity contribution < 1.29 is 9.53 Å². The molecule has 136 valence electrons. The van der Waals surface area contributed by atoms with E-state index in [1.54, 1.807) is 18.3 Å². The predicted molar refractivity (Wildman–Crippen MR) is 109 cm³/mol. The highest BCUT2D eigenvalue weighted by atomic mass is 32.1. The van der Waals surface area contributed by atoms with Crippen LogP contribution in [0.4, 0.5) is 5.69 Å². The number of hydrogen-bond donors (Lipinski definition) is 3. The summed E-state index contributed by atoms with van der Waals surface area (Å²) in [7, 11) is 0. The third-order valence-electron chi connectivity index (χ3n) is 3.30. The van der Waals surface area contributed by atoms with Crippen LogP contribution in [-0.4, -0.2) is 30.4 Å². The van der Waals surface area contributed by atoms with Crippen molar-refractivity contribution in [3.8, 4) is 5.75 Å². The average molecular weight is 370 g/mol. The summed E-state index contributed by atoms with van der Waals surface area (Å²) in [5, 5.41) is 10.2. The van der Waals surface area contributed by atoms with Crippen molar-refractivity contribution >= 4 is 35.1 Å². The summed E-state index contributed by atoms with van der Waals surface area (Å²) in [5.74, 6) is 0.401. The summed E-state index contributed by atoms with van der Waals surface area (Å²) in [5.41, 5.74) is 5.49. The molecular weight excluding hydrogens is 348 g/mol. The van der Waals surface area contributed by atoms with Gasteiger partial charge in [-0.3, -0.25) is 10.2 Å². The lowest BCUT2D eigenvalue weighted by molar-refractivity contribution is -0.118. The Morgan fingerprint density at radius 3 is 2.50 bits per heavy atom. The van der Waals surface area contributed by atoms with Crippen LogP contribution in [-0.2, 0) is 4.79 Å². The number of ether oxygens (including phenoxy) is 1. The molecule has 0 bridgehead atoms. The number of aryl methyl sites for hydroxylation is 1. The molecular formula is C19H22N4O2S. The Balaban J connectivity index is 1.77. The molecule has 2 rings (SSSR count). The molecule has 0 aliphatic carbocycles. The molecule has 0 heterocycles. The number of rotatable bonds is 7. The fourth-order valence-corrected chi connectivity index (χ4v) is 2.20. The van der Waals surface area contributed by atoms with Crippen molar-refractivity contribution in [1.82, 2.24) is 10.7 Å². The molecule has 0 saturated heterocycles. The molecule has 26 heavy (non-hydrogen) atoms. The van der Waals surface area contributed by atoms with Gasteiger partial charge in [-0.2, -0.15) is 5.10 Å². The molecule has 0 aliphatic rings. The molecule has 0 radical (unpaired) electrons. The fourth-order valence-electron chi connectivity index (χ4n) is 2.00. The first-order valence-electron chi connectivity index (χ1n) is 8.23. The zero-order valence-corrected chi connectivity index (χ0v) is 15.6. The van der Waals surface area contributed by atoms with Crippen molar-refractivity contribution in [2.75, 3.05) is 18.5 Å². The first kappa shape index (κ1) is 19.4. The lowest BCUT2D eigenvalue weighted by Crippen LogP contribution is -2.31. The van der Waals surface area contributed by atoms with E-state index in [0.717, 1.165) is 23.4 Å². The van der Waals surface area contributed by atoms with E-state index in [2.05, 4.69) is 21.2 Å². The molecule has 2 aromatic rings. The monoisotopic (exact) mass is 370 g/mol. The van der Waals surface area contributed by atoms with E-state index >= 15 is 0 Å². The summed E-state index contributed by atoms with van der Waals surface area (Å²) >= 11 is 5.01. The Kier molecular flexibility index (Phi) is 7.57. The molecule has 7 heteroatoms. The Bertz CT molecular complexity index is 758. The van der Waals surface area contributed by atoms with Crippen molar-refractivity contribution in [3.05, 3.63) is 59.7 Å². The Labute approximate surface area is 158 Å². The van der Waals surface area contributed by atoms with Crippen LogP contribution in [0, 0.1) is 6.92 Å². The quantitative estimate of drug-likeness (QED) is 0.397. The van der Waals surface area contributed by atoms with E-state index in [4.69, 9.17) is 17.0 Å². The number of nitrogens with one attached hydrogen (secondary N) is 3. The van der Waals surface area contributed by atoms with Gasteiger partial charge in [0.1, 0.15) is 5.75 Å². The summed E-state index contributed by atoms with van der Waals surface area (Å²) in [6.45, 7) is 4.64. The molecule has 0 spiro atoms. The number of carbonyl (C=O) groups excluding carboxylic acids is 1. The average Bonchev–Trinajstić information content (AvgIpc) is 2.63. The summed E-state index contributed by atoms with van der Waals surface area (Å²) in [6, 6.07) is 14.8. The standard InChI is InChI=1S/C19H22N4O2S/c1-3-20-19(26)23-21-12-15-6-10-17(11-7-15)25-13-18(24)22-16-8-4-14(2)5-9-16/h4-12H,3,13H2,1-2H3,(H,22,24)(H2,20,23,26). The lowest BCUT2D eigenvalue weighted by atomic mass is 10.2. The maximum absolute atomic E-state index is 11.9. The molecule has 2 aromatic carbocycles. The minimum absolute atomic E-state index is 0.0557. The van der Waals surface area contributed by atoms with Crippen molar-refractivity contribution in [1.29, 1.82) is 0 Å². The smallest absolute Gasteiger partial charge is 0.262 e. The van der Waals surface area contributed by atoms with Gasteiger partial charge in [0.05, 0.1) is 6.21 Å². The Hall–Kier alpha value is -2.93. The van der Waals surface area contributed by atoms with Crippen LogP contribution in [0.3, 0.4) is 0 Å². The minimum Gasteiger partial charge on any atom is -0.484 e. The van der Waals surface area contributed by atoms with Gasteiger partial charge in [-0.25, -0.2) is 0 Å². The predicted octanol–water partition coefficient (Wildman–Crippen LogP) is 2.83. The van der Waals surface area contributed by atoms with Crippen LogP contribution in [0.1, 0.15) is 18.1 Å². The number of nitrogens with zero attached hydrogens (tertiary/aromatic N) is 1. The zero-order valence-electron chi connectivity index (χ0n) is 14.8. The van der Waals surface area contributed by atoms with Crippen LogP contribution in [0.2, 0.25) is 0 Å². The first-order chi connectivity index (χ1) is 12.6. The molecule has 0 atom stereocenters. The maximum Gasteiger partial charge on any atom is 0.262 e. The van der Waals surface area contributed by atoms with Gasteiger partial charge in [0, 0.05) is 12.2 Å². The maximum atomic E-state index is 11.9. The largest absolute Gasteiger partial charge is 0.484 e. The molecule has 0 saturated carbocycles. The number of amides is 1. The topological polar surface area (TPSA) is 74.8 Å². The highest BCUT2D eigenvalue weighted by Gasteiger charge is 2.03. The van der Waals surface area contributed by atoms with E-state index in [1.165, 1.54) is 0 Å². The number of hydrazone groups is 1. The second-order valence-electron chi connectivity index (χ2n) is 5.50. The first-order valence-corrected chi connectivity index (χ1v) is 8.64. The summed E-state index contributed by atoms with van der Waals surface area (Å²) < 4.78 is 5.49. The SMILES string of the molecule is CCNC(=S)NN=Cc1ccc(OCC(=O)Nc2ccc(C)cc2)cc1. The van der Waals surface area contributed by atoms with Gasteiger partial charge < -0.3 is 15.4 Å². The Morgan fingerprint density at radius 1 is 1.15 bits per heavy atom. The van der Waals surface area contributed by atoms with Crippen LogP contribution >= 0.6 is 12.2 Å². The van der Waals surface area contributed by atoms with E-state index in [-0.39, 0.29) is 12.5 Å². The van der Waals surface area contributed by atoms with Gasteiger partial charge in [0.25, 0.3) is 5.91 Å². The van der Waals surface area contributed by atoms with E-state index in [9.17, 15) is 4.79 Å². The zero-order chi connectivity index (χ0) is 18.8. The molecule has 1 amide bonds. The van der Waals surface area contributed by atoms with Gasteiger partial charge in [-0.1, -0.05) is 17.7 Å². The highest BCUT2D eigenvalue weighted by Crippen LogP contribution is 2.12. The molecule has 0 aliphatic heterocycles. The lowest BCUT2D eigenvalue weighted by Gasteiger charge is -2.08. The highest BCUT2D eigenvalue weighted by molar-refractivity contribution is 7.80. The second kappa shape index (κ2) is 10.1. The van der Waals surface area contributed by atoms with Gasteiger partial charge in [0.15, 0.2) is 11.7 Å². The Morgan fingerprint density at radius 2 is 1.85 bits per heavy atom. The third-order valence-corrected chi connectivity index (χ3v) is 3.54. The third kappa shape index (κ3) is 6.90. The molecule has 0 unspecified atom stereocenters. The number of carbonyl (C=O) groups is 1. The minimum atomic E-state index is -0.208. The summed E-state index contributed by atoms with van der Waals surface area (Å²) in [6.07, 6.45) is 1.65. The summed E-state index contributed by atoms with van der Waals surface area (Å²) in [4.78, 5) is 11.9. The molecule has 0 fully saturated rings. The van der Waals surface area contributed by atoms with Crippen LogP contribution in [0.25, 0.3) is 0 Å². The van der Waals surface area contributed by atoms with Gasteiger partial charge in [-0.15, -0.1) is 0 Å². The number of benzene rings is 2. The van der Waals surface area contributed by atoms with E-state index < -0.39 is 0 Å². The van der Waals surface area contributed by atoms with Crippen LogP contribution in [0.5, 0.6) is 5.75 Å². The van der Waals surface area contributed by atoms with Crippen LogP contribution < -0.4 is 20.8 Å². The van der Waals surface area contributed by atoms with Gasteiger partial charge in [-0.05, 0) is 68.0 Å². The fraction of sp³-hybridized carbons (Fsp3) is 0.211. The number of anilines is 1. The van der Waals surface area contributed by atoms with Crippen molar-refractivity contribution in [2.45, 2.75) is 13.8 Å².